The Kier molecular flexibility index (Phi) is 8.16. The quantitative estimate of drug-likeness (QED) is 0.149. The van der Waals surface area contributed by atoms with Crippen molar-refractivity contribution >= 4 is 102 Å². The van der Waals surface area contributed by atoms with Crippen LogP contribution in [0.4, 0.5) is 10.0 Å². The molecular formula is C39H19Cl3N6O2S2. The number of benzene rings is 2. The van der Waals surface area contributed by atoms with E-state index in [9.17, 15) is 20.1 Å². The molecule has 2 heterocycles. The van der Waals surface area contributed by atoms with Gasteiger partial charge in [0, 0.05) is 32.7 Å². The second-order valence-corrected chi connectivity index (χ2v) is 16.0. The maximum Gasteiger partial charge on any atom is 0.271 e. The third kappa shape index (κ3) is 4.88. The van der Waals surface area contributed by atoms with Gasteiger partial charge in [0.15, 0.2) is 0 Å². The maximum atomic E-state index is 13.8. The highest BCUT2D eigenvalue weighted by molar-refractivity contribution is 7.26. The standard InChI is InChI=1S/C39H19Cl3N6O2S2/c1-17-9-18-20(11-24(17)40)35(49)33(31(18)27(15-43)45-2)47-29-13-22-37(51-29)38-23(39(22)7-5-4-6-8-39)14-30(52-38)48-34-32(28(16-44)46-3)19-10-25(41)26(42)12-21(19)36(34)50/h9-14H,4-8H2,1H3/b31-27?,32-28+,47-33?,48-34?. The number of rotatable bonds is 2. The van der Waals surface area contributed by atoms with E-state index in [-0.39, 0.29) is 55.0 Å². The molecule has 13 heteroatoms. The van der Waals surface area contributed by atoms with Crippen molar-refractivity contribution in [2.24, 2.45) is 9.98 Å². The van der Waals surface area contributed by atoms with Crippen LogP contribution in [0.2, 0.25) is 15.1 Å². The number of hydrogen-bond donors (Lipinski definition) is 0. The highest BCUT2D eigenvalue weighted by Crippen LogP contribution is 2.63. The molecule has 0 aliphatic heterocycles. The predicted octanol–water partition coefficient (Wildman–Crippen LogP) is 11.6. The van der Waals surface area contributed by atoms with Crippen molar-refractivity contribution in [3.63, 3.8) is 0 Å². The number of aryl methyl sites for hydroxylation is 1. The molecule has 0 atom stereocenters. The lowest BCUT2D eigenvalue weighted by Crippen LogP contribution is -2.27. The average molecular weight is 774 g/mol. The van der Waals surface area contributed by atoms with Gasteiger partial charge in [-0.15, -0.1) is 22.7 Å². The summed E-state index contributed by atoms with van der Waals surface area (Å²) < 4.78 is 0. The SMILES string of the molecule is [C-]#[N+]C(C#N)=C1C(=Nc2cc3c(s2)-c2sc(N=C4C(=O)c5cc(Cl)c(Cl)cc5/C4=C(/C#N)[N+]#[C-])cc2C32CCCCC2)C(=O)c2cc(Cl)c(C)cc21. The summed E-state index contributed by atoms with van der Waals surface area (Å²) in [6.07, 6.45) is 4.89. The Bertz CT molecular complexity index is 2490. The van der Waals surface area contributed by atoms with Gasteiger partial charge >= 0.3 is 0 Å². The van der Waals surface area contributed by atoms with Gasteiger partial charge in [-0.05, 0) is 77.9 Å². The molecule has 0 amide bonds. The first-order valence-corrected chi connectivity index (χ1v) is 18.7. The Morgan fingerprint density at radius 2 is 1.15 bits per heavy atom. The van der Waals surface area contributed by atoms with Crippen LogP contribution in [-0.2, 0) is 5.41 Å². The number of Topliss-reactive ketones (excluding diaryl/α,β-unsaturated/α-hetero) is 2. The molecule has 8 nitrogen and oxygen atoms in total. The number of nitriles is 2. The highest BCUT2D eigenvalue weighted by Gasteiger charge is 2.47. The van der Waals surface area contributed by atoms with Crippen LogP contribution < -0.4 is 0 Å². The van der Waals surface area contributed by atoms with Gasteiger partial charge in [0.1, 0.15) is 21.4 Å². The van der Waals surface area contributed by atoms with E-state index in [4.69, 9.17) is 57.9 Å². The number of allylic oxidation sites excluding steroid dienone is 4. The van der Waals surface area contributed by atoms with E-state index in [1.807, 2.05) is 24.3 Å². The first kappa shape index (κ1) is 33.9. The molecule has 1 fully saturated rings. The molecule has 2 aromatic heterocycles. The fourth-order valence-electron chi connectivity index (χ4n) is 7.70. The van der Waals surface area contributed by atoms with E-state index in [0.717, 1.165) is 53.0 Å². The summed E-state index contributed by atoms with van der Waals surface area (Å²) >= 11 is 21.8. The lowest BCUT2D eigenvalue weighted by molar-refractivity contribution is 0.106. The maximum absolute atomic E-state index is 13.8. The lowest BCUT2D eigenvalue weighted by atomic mass is 9.68. The molecule has 0 radical (unpaired) electrons. The molecule has 4 aliphatic carbocycles. The Balaban J connectivity index is 1.28. The summed E-state index contributed by atoms with van der Waals surface area (Å²) in [4.78, 5) is 46.0. The van der Waals surface area contributed by atoms with Crippen LogP contribution in [0.5, 0.6) is 0 Å². The highest BCUT2D eigenvalue weighted by atomic mass is 35.5. The average Bonchev–Trinajstić information content (AvgIpc) is 3.91. The monoisotopic (exact) mass is 772 g/mol. The molecule has 0 N–H and O–H groups in total. The fraction of sp³-hybridized carbons (Fsp3) is 0.179. The number of thiophene rings is 2. The second-order valence-electron chi connectivity index (χ2n) is 12.7. The molecule has 0 bridgehead atoms. The van der Waals surface area contributed by atoms with Crippen LogP contribution in [0.3, 0.4) is 0 Å². The number of ketones is 2. The zero-order valence-electron chi connectivity index (χ0n) is 26.9. The molecule has 1 saturated carbocycles. The van der Waals surface area contributed by atoms with Gasteiger partial charge in [0.05, 0.1) is 45.1 Å². The van der Waals surface area contributed by atoms with Gasteiger partial charge in [0.2, 0.25) is 11.6 Å². The summed E-state index contributed by atoms with van der Waals surface area (Å²) in [6.45, 7) is 17.1. The Labute approximate surface area is 320 Å². The van der Waals surface area contributed by atoms with Crippen molar-refractivity contribution in [3.05, 3.63) is 125 Å². The minimum Gasteiger partial charge on any atom is -0.287 e. The summed E-state index contributed by atoms with van der Waals surface area (Å²) in [5, 5.41) is 21.6. The molecule has 8 rings (SSSR count). The van der Waals surface area contributed by atoms with Gasteiger partial charge in [-0.3, -0.25) is 9.59 Å². The van der Waals surface area contributed by atoms with Crippen LogP contribution in [0, 0.1) is 42.7 Å². The number of hydrogen-bond acceptors (Lipinski definition) is 8. The fourth-order valence-corrected chi connectivity index (χ4v) is 10.6. The van der Waals surface area contributed by atoms with Crippen LogP contribution in [0.25, 0.3) is 30.6 Å². The van der Waals surface area contributed by atoms with E-state index in [1.165, 1.54) is 34.8 Å². The first-order chi connectivity index (χ1) is 25.0. The summed E-state index contributed by atoms with van der Waals surface area (Å²) in [7, 11) is 0. The van der Waals surface area contributed by atoms with Gasteiger partial charge in [-0.2, -0.15) is 0 Å². The zero-order chi connectivity index (χ0) is 36.6. The van der Waals surface area contributed by atoms with Gasteiger partial charge in [0.25, 0.3) is 11.4 Å². The Hall–Kier alpha value is -5.17. The number of fused-ring (bicyclic) bond motifs is 7. The Morgan fingerprint density at radius 1 is 0.712 bits per heavy atom. The van der Waals surface area contributed by atoms with Crippen molar-refractivity contribution in [1.82, 2.24) is 0 Å². The first-order valence-electron chi connectivity index (χ1n) is 15.9. The smallest absolute Gasteiger partial charge is 0.271 e. The molecule has 250 valence electrons. The molecule has 52 heavy (non-hydrogen) atoms. The molecule has 4 aliphatic rings. The molecule has 0 saturated heterocycles. The minimum absolute atomic E-state index is 0.0148. The van der Waals surface area contributed by atoms with E-state index in [0.29, 0.717) is 37.3 Å². The van der Waals surface area contributed by atoms with Crippen molar-refractivity contribution in [2.45, 2.75) is 44.4 Å². The number of nitrogens with zero attached hydrogens (tertiary/aromatic N) is 6. The molecule has 4 aromatic rings. The van der Waals surface area contributed by atoms with Crippen molar-refractivity contribution in [1.29, 1.82) is 10.5 Å². The minimum atomic E-state index is -0.449. The molecule has 1 spiro atoms. The van der Waals surface area contributed by atoms with Gasteiger partial charge < -0.3 is 0 Å². The van der Waals surface area contributed by atoms with Crippen LogP contribution in [0.1, 0.15) is 80.6 Å². The Morgan fingerprint density at radius 3 is 1.62 bits per heavy atom. The topological polar surface area (TPSA) is 115 Å². The van der Waals surface area contributed by atoms with E-state index >= 15 is 0 Å². The third-order valence-corrected chi connectivity index (χ3v) is 13.4. The van der Waals surface area contributed by atoms with Gasteiger partial charge in [-0.25, -0.2) is 30.2 Å². The molecule has 0 unspecified atom stereocenters. The largest absolute Gasteiger partial charge is 0.287 e. The van der Waals surface area contributed by atoms with Crippen LogP contribution in [-0.4, -0.2) is 23.0 Å². The number of halogens is 3. The van der Waals surface area contributed by atoms with E-state index < -0.39 is 11.6 Å². The van der Waals surface area contributed by atoms with E-state index in [2.05, 4.69) is 9.69 Å². The zero-order valence-corrected chi connectivity index (χ0v) is 30.9. The van der Waals surface area contributed by atoms with Crippen LogP contribution in [0.15, 0.2) is 57.8 Å². The van der Waals surface area contributed by atoms with Crippen molar-refractivity contribution in [2.75, 3.05) is 0 Å². The van der Waals surface area contributed by atoms with Crippen LogP contribution >= 0.6 is 57.5 Å². The molecular weight excluding hydrogens is 755 g/mol. The summed E-state index contributed by atoms with van der Waals surface area (Å²) in [5.74, 6) is -0.849. The van der Waals surface area contributed by atoms with Crippen molar-refractivity contribution < 1.29 is 9.59 Å². The second kappa shape index (κ2) is 12.5. The van der Waals surface area contributed by atoms with E-state index in [1.54, 1.807) is 19.1 Å². The number of carbonyl (C=O) groups excluding carboxylic acids is 2. The normalized spacial score (nSPS) is 19.8. The van der Waals surface area contributed by atoms with Gasteiger partial charge in [-0.1, -0.05) is 60.1 Å². The van der Waals surface area contributed by atoms with Crippen molar-refractivity contribution in [3.8, 4) is 21.9 Å². The number of aliphatic imine (C=N–C) groups is 2. The third-order valence-electron chi connectivity index (χ3n) is 10.0. The summed E-state index contributed by atoms with van der Waals surface area (Å²) in [5.41, 5.74) is 3.81. The molecule has 2 aromatic carbocycles. The lowest BCUT2D eigenvalue weighted by Gasteiger charge is -2.34. The summed E-state index contributed by atoms with van der Waals surface area (Å²) in [6, 6.07) is 14.1. The number of carbonyl (C=O) groups is 2. The predicted molar refractivity (Wildman–Crippen MR) is 205 cm³/mol.